The molecule has 4 aromatic rings. The van der Waals surface area contributed by atoms with Crippen LogP contribution in [0, 0.1) is 6.92 Å². The highest BCUT2D eigenvalue weighted by Crippen LogP contribution is 2.36. The lowest BCUT2D eigenvalue weighted by Gasteiger charge is -2.12. The first-order valence-electron chi connectivity index (χ1n) is 11.4. The van der Waals surface area contributed by atoms with E-state index in [4.69, 9.17) is 17.0 Å². The molecule has 0 fully saturated rings. The van der Waals surface area contributed by atoms with Crippen LogP contribution in [-0.4, -0.2) is 26.1 Å². The standard InChI is InChI=1S/C27H25N3O4S3/c1-3-34-26(31)23-17-24(19-7-5-4-6-8-19)36-25(23)29-27(35)28-20-11-13-21(14-12-20)30-37(32,33)22-15-9-18(2)10-16-22/h4-17,30H,3H2,1-2H3,(H2,28,29,35). The van der Waals surface area contributed by atoms with E-state index in [1.807, 2.05) is 37.3 Å². The highest BCUT2D eigenvalue weighted by Gasteiger charge is 2.19. The van der Waals surface area contributed by atoms with Gasteiger partial charge in [0, 0.05) is 16.3 Å². The van der Waals surface area contributed by atoms with Crippen LogP contribution in [0.3, 0.4) is 0 Å². The summed E-state index contributed by atoms with van der Waals surface area (Å²) in [5.41, 5.74) is 3.42. The summed E-state index contributed by atoms with van der Waals surface area (Å²) < 4.78 is 33.0. The average Bonchev–Trinajstić information content (AvgIpc) is 3.30. The molecule has 37 heavy (non-hydrogen) atoms. The Kier molecular flexibility index (Phi) is 8.22. The van der Waals surface area contributed by atoms with Gasteiger partial charge in [0.15, 0.2) is 5.11 Å². The molecule has 0 saturated heterocycles. The molecule has 0 aliphatic rings. The Balaban J connectivity index is 1.45. The second kappa shape index (κ2) is 11.5. The van der Waals surface area contributed by atoms with Gasteiger partial charge >= 0.3 is 5.97 Å². The fraction of sp³-hybridized carbons (Fsp3) is 0.111. The molecule has 0 atom stereocenters. The summed E-state index contributed by atoms with van der Waals surface area (Å²) in [5.74, 6) is -0.434. The first kappa shape index (κ1) is 26.3. The van der Waals surface area contributed by atoms with Gasteiger partial charge in [-0.05, 0) is 74.1 Å². The van der Waals surface area contributed by atoms with Gasteiger partial charge < -0.3 is 15.4 Å². The van der Waals surface area contributed by atoms with Gasteiger partial charge in [0.05, 0.1) is 17.1 Å². The van der Waals surface area contributed by atoms with Gasteiger partial charge in [-0.15, -0.1) is 11.3 Å². The number of sulfonamides is 1. The summed E-state index contributed by atoms with van der Waals surface area (Å²) in [5, 5.41) is 7.00. The number of carbonyl (C=O) groups is 1. The molecular formula is C27H25N3O4S3. The van der Waals surface area contributed by atoms with E-state index in [2.05, 4.69) is 15.4 Å². The van der Waals surface area contributed by atoms with Crippen LogP contribution < -0.4 is 15.4 Å². The van der Waals surface area contributed by atoms with E-state index in [-0.39, 0.29) is 16.6 Å². The quantitative estimate of drug-likeness (QED) is 0.170. The molecule has 0 bridgehead atoms. The molecule has 0 amide bonds. The summed E-state index contributed by atoms with van der Waals surface area (Å²) in [6.45, 7) is 3.91. The molecule has 0 saturated carbocycles. The Morgan fingerprint density at radius 3 is 2.22 bits per heavy atom. The Morgan fingerprint density at radius 2 is 1.57 bits per heavy atom. The van der Waals surface area contributed by atoms with Crippen LogP contribution in [0.15, 0.2) is 89.8 Å². The monoisotopic (exact) mass is 551 g/mol. The molecule has 10 heteroatoms. The molecule has 1 heterocycles. The van der Waals surface area contributed by atoms with Crippen molar-refractivity contribution >= 4 is 61.0 Å². The fourth-order valence-electron chi connectivity index (χ4n) is 3.41. The Bertz CT molecular complexity index is 1500. The summed E-state index contributed by atoms with van der Waals surface area (Å²) in [7, 11) is -3.70. The number of nitrogens with one attached hydrogen (secondary N) is 3. The van der Waals surface area contributed by atoms with Crippen molar-refractivity contribution in [1.29, 1.82) is 0 Å². The minimum absolute atomic E-state index is 0.189. The third kappa shape index (κ3) is 6.73. The number of aryl methyl sites for hydroxylation is 1. The number of rotatable bonds is 8. The summed E-state index contributed by atoms with van der Waals surface area (Å²) in [6.07, 6.45) is 0. The van der Waals surface area contributed by atoms with Crippen LogP contribution in [0.5, 0.6) is 0 Å². The van der Waals surface area contributed by atoms with E-state index in [1.165, 1.54) is 11.3 Å². The number of benzene rings is 3. The topological polar surface area (TPSA) is 96.5 Å². The van der Waals surface area contributed by atoms with E-state index in [1.54, 1.807) is 61.5 Å². The maximum atomic E-state index is 12.6. The van der Waals surface area contributed by atoms with Crippen LogP contribution in [0.4, 0.5) is 16.4 Å². The van der Waals surface area contributed by atoms with Crippen LogP contribution in [0.1, 0.15) is 22.8 Å². The van der Waals surface area contributed by atoms with Gasteiger partial charge in [0.25, 0.3) is 10.0 Å². The van der Waals surface area contributed by atoms with Crippen LogP contribution in [0.25, 0.3) is 10.4 Å². The van der Waals surface area contributed by atoms with Crippen LogP contribution in [0.2, 0.25) is 0 Å². The van der Waals surface area contributed by atoms with E-state index >= 15 is 0 Å². The van der Waals surface area contributed by atoms with Crippen molar-refractivity contribution in [3.8, 4) is 10.4 Å². The van der Waals surface area contributed by atoms with Gasteiger partial charge in [0.2, 0.25) is 0 Å². The Labute approximate surface area is 225 Å². The molecule has 1 aromatic heterocycles. The van der Waals surface area contributed by atoms with Crippen LogP contribution >= 0.6 is 23.6 Å². The normalized spacial score (nSPS) is 11.0. The minimum Gasteiger partial charge on any atom is -0.462 e. The maximum Gasteiger partial charge on any atom is 0.341 e. The summed E-state index contributed by atoms with van der Waals surface area (Å²) >= 11 is 6.87. The number of ether oxygens (including phenoxy) is 1. The molecule has 190 valence electrons. The van der Waals surface area contributed by atoms with Gasteiger partial charge in [0.1, 0.15) is 5.00 Å². The van der Waals surface area contributed by atoms with Gasteiger partial charge in [-0.1, -0.05) is 48.0 Å². The number of thiophene rings is 1. The number of thiocarbonyl (C=S) groups is 1. The van der Waals surface area contributed by atoms with Gasteiger partial charge in [-0.3, -0.25) is 4.72 Å². The molecule has 7 nitrogen and oxygen atoms in total. The molecule has 0 aliphatic heterocycles. The molecule has 0 radical (unpaired) electrons. The first-order chi connectivity index (χ1) is 17.7. The van der Waals surface area contributed by atoms with Crippen molar-refractivity contribution in [3.05, 3.63) is 96.1 Å². The number of carbonyl (C=O) groups excluding carboxylic acids is 1. The first-order valence-corrected chi connectivity index (χ1v) is 14.1. The van der Waals surface area contributed by atoms with Crippen molar-refractivity contribution in [1.82, 2.24) is 0 Å². The van der Waals surface area contributed by atoms with E-state index in [9.17, 15) is 13.2 Å². The number of hydrogen-bond acceptors (Lipinski definition) is 6. The average molecular weight is 552 g/mol. The second-order valence-electron chi connectivity index (χ2n) is 8.01. The third-order valence-electron chi connectivity index (χ3n) is 5.24. The predicted octanol–water partition coefficient (Wildman–Crippen LogP) is 6.51. The lowest BCUT2D eigenvalue weighted by Crippen LogP contribution is -2.20. The van der Waals surface area contributed by atoms with Crippen molar-refractivity contribution < 1.29 is 17.9 Å². The molecule has 0 unspecified atom stereocenters. The maximum absolute atomic E-state index is 12.6. The smallest absolute Gasteiger partial charge is 0.341 e. The van der Waals surface area contributed by atoms with Crippen molar-refractivity contribution in [2.75, 3.05) is 22.0 Å². The zero-order valence-electron chi connectivity index (χ0n) is 20.1. The lowest BCUT2D eigenvalue weighted by atomic mass is 10.1. The number of anilines is 3. The molecule has 3 aromatic carbocycles. The highest BCUT2D eigenvalue weighted by atomic mass is 32.2. The van der Waals surface area contributed by atoms with Crippen LogP contribution in [-0.2, 0) is 14.8 Å². The Hall–Kier alpha value is -3.73. The molecule has 0 aliphatic carbocycles. The fourth-order valence-corrected chi connectivity index (χ4v) is 5.81. The zero-order chi connectivity index (χ0) is 26.4. The van der Waals surface area contributed by atoms with Crippen molar-refractivity contribution in [2.45, 2.75) is 18.7 Å². The van der Waals surface area contributed by atoms with Crippen molar-refractivity contribution in [2.24, 2.45) is 0 Å². The highest BCUT2D eigenvalue weighted by molar-refractivity contribution is 7.92. The minimum atomic E-state index is -3.70. The predicted molar refractivity (Wildman–Crippen MR) is 154 cm³/mol. The summed E-state index contributed by atoms with van der Waals surface area (Å²) in [4.78, 5) is 13.6. The molecular weight excluding hydrogens is 527 g/mol. The summed E-state index contributed by atoms with van der Waals surface area (Å²) in [6, 6.07) is 24.8. The lowest BCUT2D eigenvalue weighted by molar-refractivity contribution is 0.0528. The SMILES string of the molecule is CCOC(=O)c1cc(-c2ccccc2)sc1NC(=S)Nc1ccc(NS(=O)(=O)c2ccc(C)cc2)cc1. The molecule has 0 spiro atoms. The van der Waals surface area contributed by atoms with Crippen molar-refractivity contribution in [3.63, 3.8) is 0 Å². The number of esters is 1. The second-order valence-corrected chi connectivity index (χ2v) is 11.2. The third-order valence-corrected chi connectivity index (χ3v) is 7.94. The van der Waals surface area contributed by atoms with Gasteiger partial charge in [-0.25, -0.2) is 13.2 Å². The van der Waals surface area contributed by atoms with E-state index in [0.717, 1.165) is 16.0 Å². The Morgan fingerprint density at radius 1 is 0.919 bits per heavy atom. The van der Waals surface area contributed by atoms with Gasteiger partial charge in [-0.2, -0.15) is 0 Å². The van der Waals surface area contributed by atoms with E-state index < -0.39 is 16.0 Å². The molecule has 3 N–H and O–H groups in total. The largest absolute Gasteiger partial charge is 0.462 e. The van der Waals surface area contributed by atoms with E-state index in [0.29, 0.717) is 21.9 Å². The molecule has 4 rings (SSSR count). The zero-order valence-corrected chi connectivity index (χ0v) is 22.6. The number of hydrogen-bond donors (Lipinski definition) is 3.